The molecule has 2 unspecified atom stereocenters. The summed E-state index contributed by atoms with van der Waals surface area (Å²) in [6.45, 7) is 23.1. The highest BCUT2D eigenvalue weighted by molar-refractivity contribution is 4.81. The fraction of sp³-hybridized carbons (Fsp3) is 1.00. The molecule has 0 aromatic heterocycles. The second kappa shape index (κ2) is 8.56. The average molecular weight is 299 g/mol. The minimum Gasteiger partial charge on any atom is -0.374 e. The lowest BCUT2D eigenvalue weighted by Gasteiger charge is -2.40. The summed E-state index contributed by atoms with van der Waals surface area (Å²) in [6, 6.07) is 0. The van der Waals surface area contributed by atoms with Crippen molar-refractivity contribution in [1.82, 2.24) is 0 Å². The number of ether oxygens (including phenoxy) is 1. The Kier molecular flexibility index (Phi) is 8.54. The van der Waals surface area contributed by atoms with Crippen LogP contribution in [-0.2, 0) is 4.74 Å². The topological polar surface area (TPSA) is 9.23 Å². The van der Waals surface area contributed by atoms with Crippen LogP contribution in [0, 0.1) is 22.7 Å². The summed E-state index contributed by atoms with van der Waals surface area (Å²) in [6.07, 6.45) is 5.57. The van der Waals surface area contributed by atoms with Crippen molar-refractivity contribution < 1.29 is 4.74 Å². The predicted octanol–water partition coefficient (Wildman–Crippen LogP) is 6.70. The van der Waals surface area contributed by atoms with Crippen LogP contribution in [0.4, 0.5) is 0 Å². The summed E-state index contributed by atoms with van der Waals surface area (Å²) < 4.78 is 6.68. The zero-order valence-corrected chi connectivity index (χ0v) is 16.5. The van der Waals surface area contributed by atoms with Crippen LogP contribution >= 0.6 is 0 Å². The standard InChI is InChI=1S/C20H42O/c1-15(2)11-13-17(19(5,6)7)21-18(20(8,9)10)14-12-16(3)4/h15-18H,11-14H2,1-10H3. The van der Waals surface area contributed by atoms with Gasteiger partial charge in [-0.25, -0.2) is 0 Å². The molecule has 0 heterocycles. The molecule has 0 amide bonds. The highest BCUT2D eigenvalue weighted by Crippen LogP contribution is 2.34. The molecule has 0 aliphatic carbocycles. The van der Waals surface area contributed by atoms with Gasteiger partial charge in [0.2, 0.25) is 0 Å². The first-order valence-corrected chi connectivity index (χ1v) is 8.99. The van der Waals surface area contributed by atoms with Gasteiger partial charge in [-0.1, -0.05) is 69.2 Å². The van der Waals surface area contributed by atoms with Crippen molar-refractivity contribution in [3.05, 3.63) is 0 Å². The number of rotatable bonds is 8. The minimum atomic E-state index is 0.218. The van der Waals surface area contributed by atoms with Crippen molar-refractivity contribution in [1.29, 1.82) is 0 Å². The third kappa shape index (κ3) is 9.55. The van der Waals surface area contributed by atoms with Crippen LogP contribution in [0.2, 0.25) is 0 Å². The number of hydrogen-bond acceptors (Lipinski definition) is 1. The Morgan fingerprint density at radius 1 is 0.571 bits per heavy atom. The second-order valence-electron chi connectivity index (χ2n) is 9.79. The first-order valence-electron chi connectivity index (χ1n) is 8.99. The van der Waals surface area contributed by atoms with E-state index in [1.807, 2.05) is 0 Å². The van der Waals surface area contributed by atoms with Crippen LogP contribution in [0.25, 0.3) is 0 Å². The van der Waals surface area contributed by atoms with E-state index in [2.05, 4.69) is 69.2 Å². The largest absolute Gasteiger partial charge is 0.374 e. The van der Waals surface area contributed by atoms with Gasteiger partial charge in [0.25, 0.3) is 0 Å². The summed E-state index contributed by atoms with van der Waals surface area (Å²) >= 11 is 0. The fourth-order valence-corrected chi connectivity index (χ4v) is 2.58. The molecular weight excluding hydrogens is 256 g/mol. The molecule has 21 heavy (non-hydrogen) atoms. The third-order valence-electron chi connectivity index (χ3n) is 4.27. The smallest absolute Gasteiger partial charge is 0.0627 e. The maximum Gasteiger partial charge on any atom is 0.0627 e. The lowest BCUT2D eigenvalue weighted by molar-refractivity contribution is -0.115. The Hall–Kier alpha value is -0.0400. The molecular formula is C20H42O. The fourth-order valence-electron chi connectivity index (χ4n) is 2.58. The van der Waals surface area contributed by atoms with Gasteiger partial charge in [-0.3, -0.25) is 0 Å². The van der Waals surface area contributed by atoms with Gasteiger partial charge in [0, 0.05) is 0 Å². The van der Waals surface area contributed by atoms with Crippen molar-refractivity contribution in [3.8, 4) is 0 Å². The molecule has 0 saturated heterocycles. The zero-order chi connectivity index (χ0) is 16.8. The number of hydrogen-bond donors (Lipinski definition) is 0. The normalized spacial score (nSPS) is 16.6. The highest BCUT2D eigenvalue weighted by Gasteiger charge is 2.33. The van der Waals surface area contributed by atoms with Gasteiger partial charge in [0.1, 0.15) is 0 Å². The SMILES string of the molecule is CC(C)CCC(OC(CCC(C)C)C(C)(C)C)C(C)(C)C. The Labute approximate surface area is 135 Å². The van der Waals surface area contributed by atoms with E-state index in [1.165, 1.54) is 25.7 Å². The summed E-state index contributed by atoms with van der Waals surface area (Å²) in [7, 11) is 0. The van der Waals surface area contributed by atoms with E-state index in [0.29, 0.717) is 12.2 Å². The average Bonchev–Trinajstić information content (AvgIpc) is 2.23. The van der Waals surface area contributed by atoms with E-state index in [1.54, 1.807) is 0 Å². The van der Waals surface area contributed by atoms with Crippen molar-refractivity contribution in [2.45, 2.75) is 107 Å². The Morgan fingerprint density at radius 3 is 1.05 bits per heavy atom. The maximum atomic E-state index is 6.68. The molecule has 1 nitrogen and oxygen atoms in total. The Bertz CT molecular complexity index is 237. The first-order chi connectivity index (χ1) is 9.34. The highest BCUT2D eigenvalue weighted by atomic mass is 16.5. The lowest BCUT2D eigenvalue weighted by Crippen LogP contribution is -2.39. The van der Waals surface area contributed by atoms with Crippen molar-refractivity contribution in [2.24, 2.45) is 22.7 Å². The van der Waals surface area contributed by atoms with Gasteiger partial charge in [0.05, 0.1) is 12.2 Å². The molecule has 0 aromatic rings. The molecule has 0 aliphatic rings. The molecule has 1 heteroatoms. The molecule has 0 aromatic carbocycles. The zero-order valence-electron chi connectivity index (χ0n) is 16.5. The molecule has 0 bridgehead atoms. The van der Waals surface area contributed by atoms with E-state index in [4.69, 9.17) is 4.74 Å². The Morgan fingerprint density at radius 2 is 0.857 bits per heavy atom. The second-order valence-corrected chi connectivity index (χ2v) is 9.79. The van der Waals surface area contributed by atoms with Gasteiger partial charge in [-0.2, -0.15) is 0 Å². The molecule has 0 N–H and O–H groups in total. The third-order valence-corrected chi connectivity index (χ3v) is 4.27. The molecule has 128 valence electrons. The van der Waals surface area contributed by atoms with Gasteiger partial charge in [-0.15, -0.1) is 0 Å². The van der Waals surface area contributed by atoms with E-state index >= 15 is 0 Å². The molecule has 0 aliphatic heterocycles. The molecule has 0 saturated carbocycles. The van der Waals surface area contributed by atoms with Crippen LogP contribution < -0.4 is 0 Å². The lowest BCUT2D eigenvalue weighted by atomic mass is 9.82. The van der Waals surface area contributed by atoms with Gasteiger partial charge >= 0.3 is 0 Å². The van der Waals surface area contributed by atoms with Crippen LogP contribution in [0.15, 0.2) is 0 Å². The van der Waals surface area contributed by atoms with E-state index in [0.717, 1.165) is 11.8 Å². The Balaban J connectivity index is 4.86. The van der Waals surface area contributed by atoms with Gasteiger partial charge < -0.3 is 4.74 Å². The monoisotopic (exact) mass is 298 g/mol. The van der Waals surface area contributed by atoms with Gasteiger partial charge in [0.15, 0.2) is 0 Å². The summed E-state index contributed by atoms with van der Waals surface area (Å²) in [4.78, 5) is 0. The van der Waals surface area contributed by atoms with Crippen molar-refractivity contribution >= 4 is 0 Å². The quantitative estimate of drug-likeness (QED) is 0.484. The summed E-state index contributed by atoms with van der Waals surface area (Å²) in [5.41, 5.74) is 0.437. The minimum absolute atomic E-state index is 0.218. The van der Waals surface area contributed by atoms with E-state index in [-0.39, 0.29) is 10.8 Å². The molecule has 0 rings (SSSR count). The summed E-state index contributed by atoms with van der Waals surface area (Å²) in [5.74, 6) is 1.50. The first kappa shape index (κ1) is 21.0. The van der Waals surface area contributed by atoms with Crippen LogP contribution in [0.3, 0.4) is 0 Å². The molecule has 0 fully saturated rings. The maximum absolute atomic E-state index is 6.68. The summed E-state index contributed by atoms with van der Waals surface area (Å²) in [5, 5.41) is 0. The predicted molar refractivity (Wildman–Crippen MR) is 95.7 cm³/mol. The van der Waals surface area contributed by atoms with Crippen molar-refractivity contribution in [3.63, 3.8) is 0 Å². The van der Waals surface area contributed by atoms with Crippen LogP contribution in [-0.4, -0.2) is 12.2 Å². The van der Waals surface area contributed by atoms with Crippen molar-refractivity contribution in [2.75, 3.05) is 0 Å². The van der Waals surface area contributed by atoms with E-state index < -0.39 is 0 Å². The molecule has 2 atom stereocenters. The van der Waals surface area contributed by atoms with Crippen LogP contribution in [0.1, 0.15) is 94.9 Å². The van der Waals surface area contributed by atoms with E-state index in [9.17, 15) is 0 Å². The molecule has 0 radical (unpaired) electrons. The van der Waals surface area contributed by atoms with Gasteiger partial charge in [-0.05, 0) is 48.3 Å². The van der Waals surface area contributed by atoms with Crippen LogP contribution in [0.5, 0.6) is 0 Å². The molecule has 0 spiro atoms.